The third-order valence-corrected chi connectivity index (χ3v) is 21.8. The molecule has 0 saturated heterocycles. The highest BCUT2D eigenvalue weighted by Crippen LogP contribution is 2.19. The van der Waals surface area contributed by atoms with Gasteiger partial charge < -0.3 is 34.8 Å². The number of hydrogen-bond donors (Lipinski definition) is 3. The fourth-order valence-corrected chi connectivity index (χ4v) is 14.9. The van der Waals surface area contributed by atoms with Crippen LogP contribution in [0.4, 0.5) is 0 Å². The lowest BCUT2D eigenvalue weighted by Gasteiger charge is -2.29. The Hall–Kier alpha value is -2.08. The number of carbonyl (C=O) groups is 2. The summed E-state index contributed by atoms with van der Waals surface area (Å²) in [7, 11) is 0. The van der Waals surface area contributed by atoms with Crippen LogP contribution >= 0.6 is 0 Å². The Morgan fingerprint density at radius 2 is 0.519 bits per heavy atom. The highest BCUT2D eigenvalue weighted by molar-refractivity contribution is 5.82. The summed E-state index contributed by atoms with van der Waals surface area (Å²) >= 11 is 0. The molecular weight excluding hydrogens is 1280 g/mol. The fourth-order valence-electron chi connectivity index (χ4n) is 14.9. The second-order valence-corrected chi connectivity index (χ2v) is 32.4. The first kappa shape index (κ1) is 102. The molecule has 0 spiro atoms. The molecular formula is C94H184N4O6. The van der Waals surface area contributed by atoms with Crippen molar-refractivity contribution < 1.29 is 29.3 Å². The van der Waals surface area contributed by atoms with Crippen LogP contribution in [0.3, 0.4) is 0 Å². The van der Waals surface area contributed by atoms with Crippen molar-refractivity contribution in [3.8, 4) is 0 Å². The number of nitrogens with one attached hydrogen (secondary N) is 1. The van der Waals surface area contributed by atoms with Crippen LogP contribution in [0.25, 0.3) is 0 Å². The summed E-state index contributed by atoms with van der Waals surface area (Å²) in [6, 6.07) is 0. The Bertz CT molecular complexity index is 1760. The van der Waals surface area contributed by atoms with Gasteiger partial charge in [0.15, 0.2) is 0 Å². The molecule has 10 heteroatoms. The van der Waals surface area contributed by atoms with Gasteiger partial charge in [0.05, 0.1) is 25.4 Å². The largest absolute Gasteiger partial charge is 0.463 e. The molecule has 0 aliphatic heterocycles. The Morgan fingerprint density at radius 3 is 0.837 bits per heavy atom. The van der Waals surface area contributed by atoms with Crippen molar-refractivity contribution in [2.24, 2.45) is 0 Å². The van der Waals surface area contributed by atoms with Gasteiger partial charge in [-0.1, -0.05) is 431 Å². The molecule has 0 aromatic rings. The molecule has 616 valence electrons. The van der Waals surface area contributed by atoms with E-state index in [1.807, 2.05) is 12.2 Å². The molecule has 0 amide bonds. The average molecular weight is 1470 g/mol. The molecule has 0 fully saturated rings. The van der Waals surface area contributed by atoms with Gasteiger partial charge in [-0.2, -0.15) is 0 Å². The molecule has 10 nitrogen and oxygen atoms in total. The summed E-state index contributed by atoms with van der Waals surface area (Å²) in [5, 5.41) is 26.9. The smallest absolute Gasteiger partial charge is 0.330 e. The number of aliphatic hydroxyl groups excluding tert-OH is 2. The van der Waals surface area contributed by atoms with Crippen molar-refractivity contribution in [3.05, 3.63) is 36.5 Å². The second kappa shape index (κ2) is 88.1. The molecule has 0 radical (unpaired) electrons. The highest BCUT2D eigenvalue weighted by Gasteiger charge is 2.17. The van der Waals surface area contributed by atoms with Gasteiger partial charge in [-0.05, 0) is 77.5 Å². The third kappa shape index (κ3) is 82.4. The lowest BCUT2D eigenvalue weighted by Crippen LogP contribution is -2.41. The van der Waals surface area contributed by atoms with Gasteiger partial charge in [0.1, 0.15) is 0 Å². The van der Waals surface area contributed by atoms with Crippen molar-refractivity contribution in [1.29, 1.82) is 0 Å². The zero-order valence-electron chi connectivity index (χ0n) is 70.8. The first-order chi connectivity index (χ1) is 51.3. The van der Waals surface area contributed by atoms with Gasteiger partial charge in [-0.3, -0.25) is 4.90 Å². The van der Waals surface area contributed by atoms with Gasteiger partial charge in [0.2, 0.25) is 0 Å². The molecule has 104 heavy (non-hydrogen) atoms. The fraction of sp³-hybridized carbons (Fsp3) is 0.915. The minimum atomic E-state index is -0.517. The number of aliphatic hydroxyl groups is 2. The number of esters is 2. The minimum Gasteiger partial charge on any atom is -0.463 e. The van der Waals surface area contributed by atoms with Crippen molar-refractivity contribution in [3.63, 3.8) is 0 Å². The molecule has 0 rings (SSSR count). The van der Waals surface area contributed by atoms with Crippen LogP contribution in [0.15, 0.2) is 36.5 Å². The Kier molecular flexibility index (Phi) is 86.4. The lowest BCUT2D eigenvalue weighted by molar-refractivity contribution is -0.138. The van der Waals surface area contributed by atoms with Gasteiger partial charge in [-0.25, -0.2) is 9.59 Å². The summed E-state index contributed by atoms with van der Waals surface area (Å²) < 4.78 is 11.2. The van der Waals surface area contributed by atoms with E-state index in [4.69, 9.17) is 9.47 Å². The molecule has 0 heterocycles. The average Bonchev–Trinajstić information content (AvgIpc) is 3.29. The van der Waals surface area contributed by atoms with Crippen molar-refractivity contribution in [2.75, 3.05) is 85.2 Å². The molecule has 2 atom stereocenters. The van der Waals surface area contributed by atoms with Gasteiger partial charge in [0, 0.05) is 58.0 Å². The first-order valence-electron chi connectivity index (χ1n) is 46.8. The van der Waals surface area contributed by atoms with E-state index < -0.39 is 12.2 Å². The summed E-state index contributed by atoms with van der Waals surface area (Å²) in [4.78, 5) is 32.9. The highest BCUT2D eigenvalue weighted by atomic mass is 16.5. The number of rotatable bonds is 89. The number of unbranched alkanes of at least 4 members (excludes halogenated alkanes) is 60. The Morgan fingerprint density at radius 1 is 0.279 bits per heavy atom. The van der Waals surface area contributed by atoms with Crippen LogP contribution in [0.2, 0.25) is 0 Å². The van der Waals surface area contributed by atoms with Crippen LogP contribution < -0.4 is 5.32 Å². The molecule has 0 aromatic heterocycles. The molecule has 0 saturated carbocycles. The molecule has 0 aromatic carbocycles. The maximum Gasteiger partial charge on any atom is 0.330 e. The van der Waals surface area contributed by atoms with Gasteiger partial charge in [0.25, 0.3) is 0 Å². The normalized spacial score (nSPS) is 12.7. The Labute approximate surface area is 650 Å². The van der Waals surface area contributed by atoms with E-state index in [2.05, 4.69) is 66.8 Å². The SMILES string of the molecule is CCCCCCCCCCCCCCC/C=C/CN(C/C=C/C(=O)OCCCCCCCCCCCCCCC)CC(O)CN(CCCCCCCCCCCCCC)CCCCN(CCCCCCCCCCCCCC)CC(O)CNC/C=C/C(=O)OCCCCCCCCCCCCCCC. The van der Waals surface area contributed by atoms with E-state index in [1.165, 1.54) is 372 Å². The standard InChI is InChI=1S/C94H184N4O6/c1-6-11-16-21-26-31-36-41-42-43-44-49-54-59-64-69-81-98(84-75-77-94(102)104-86-73-66-61-56-51-46-38-33-28-23-18-13-8-3)90-92(100)89-97(80-68-63-58-53-48-40-35-30-25-20-15-10-5)83-71-70-82-96(79-67-62-57-52-47-39-34-29-24-19-14-9-4)88-91(99)87-95-78-74-76-93(101)103-85-72-65-60-55-50-45-37-32-27-22-17-12-7-2/h64,69,74-77,91-92,95,99-100H,6-63,65-68,70-73,78-90H2,1-5H3/b69-64+,76-74+,77-75+. The third-order valence-electron chi connectivity index (χ3n) is 21.8. The van der Waals surface area contributed by atoms with E-state index in [0.717, 1.165) is 90.5 Å². The van der Waals surface area contributed by atoms with Crippen molar-refractivity contribution in [2.45, 2.75) is 471 Å². The summed E-state index contributed by atoms with van der Waals surface area (Å²) in [5.74, 6) is -0.534. The summed E-state index contributed by atoms with van der Waals surface area (Å²) in [6.45, 7) is 20.5. The lowest BCUT2D eigenvalue weighted by atomic mass is 10.0. The molecule has 0 bridgehead atoms. The maximum absolute atomic E-state index is 13.0. The number of carbonyl (C=O) groups excluding carboxylic acids is 2. The predicted octanol–water partition coefficient (Wildman–Crippen LogP) is 26.8. The number of hydrogen-bond acceptors (Lipinski definition) is 10. The summed E-state index contributed by atoms with van der Waals surface area (Å²) in [5.41, 5.74) is 0. The van der Waals surface area contributed by atoms with Gasteiger partial charge >= 0.3 is 11.9 Å². The number of nitrogens with zero attached hydrogens (tertiary/aromatic N) is 3. The van der Waals surface area contributed by atoms with Crippen LogP contribution in [-0.4, -0.2) is 134 Å². The van der Waals surface area contributed by atoms with E-state index in [1.54, 1.807) is 6.08 Å². The maximum atomic E-state index is 13.0. The van der Waals surface area contributed by atoms with E-state index in [9.17, 15) is 19.8 Å². The van der Waals surface area contributed by atoms with E-state index in [-0.39, 0.29) is 11.9 Å². The Balaban J connectivity index is 5.78. The molecule has 0 aliphatic rings. The second-order valence-electron chi connectivity index (χ2n) is 32.4. The number of allylic oxidation sites excluding steroid dienone is 1. The van der Waals surface area contributed by atoms with Crippen molar-refractivity contribution in [1.82, 2.24) is 20.0 Å². The topological polar surface area (TPSA) is 115 Å². The predicted molar refractivity (Wildman–Crippen MR) is 457 cm³/mol. The monoisotopic (exact) mass is 1470 g/mol. The van der Waals surface area contributed by atoms with Crippen molar-refractivity contribution >= 4 is 11.9 Å². The quantitative estimate of drug-likeness (QED) is 0.0235. The molecule has 2 unspecified atom stereocenters. The minimum absolute atomic E-state index is 0.257. The molecule has 0 aliphatic carbocycles. The number of ether oxygens (including phenoxy) is 2. The van der Waals surface area contributed by atoms with E-state index >= 15 is 0 Å². The van der Waals surface area contributed by atoms with Crippen LogP contribution in [0.1, 0.15) is 458 Å². The zero-order valence-corrected chi connectivity index (χ0v) is 70.8. The van der Waals surface area contributed by atoms with Gasteiger partial charge in [-0.15, -0.1) is 0 Å². The van der Waals surface area contributed by atoms with E-state index in [0.29, 0.717) is 52.5 Å². The van der Waals surface area contributed by atoms with Crippen LogP contribution in [0.5, 0.6) is 0 Å². The summed E-state index contributed by atoms with van der Waals surface area (Å²) in [6.07, 6.45) is 97.1. The molecule has 3 N–H and O–H groups in total. The first-order valence-corrected chi connectivity index (χ1v) is 46.8. The van der Waals surface area contributed by atoms with Crippen LogP contribution in [0, 0.1) is 0 Å². The van der Waals surface area contributed by atoms with Crippen LogP contribution in [-0.2, 0) is 19.1 Å². The zero-order chi connectivity index (χ0) is 75.3.